The maximum absolute atomic E-state index is 14.0. The number of hydrogen-bond donors (Lipinski definition) is 3. The molecule has 10 heteroatoms. The average molecular weight is 441 g/mol. The zero-order chi connectivity index (χ0) is 22.3. The number of quaternary nitrogens is 1. The van der Waals surface area contributed by atoms with E-state index in [9.17, 15) is 31.1 Å². The van der Waals surface area contributed by atoms with Crippen LogP contribution in [0.1, 0.15) is 18.1 Å². The summed E-state index contributed by atoms with van der Waals surface area (Å²) < 4.78 is 79.7. The van der Waals surface area contributed by atoms with Crippen molar-refractivity contribution in [1.29, 1.82) is 5.41 Å². The fourth-order valence-electron chi connectivity index (χ4n) is 3.10. The summed E-state index contributed by atoms with van der Waals surface area (Å²) in [6.07, 6.45) is -2.82. The van der Waals surface area contributed by atoms with Gasteiger partial charge in [-0.2, -0.15) is 13.2 Å². The summed E-state index contributed by atoms with van der Waals surface area (Å²) in [7, 11) is -4.49. The number of benzene rings is 2. The highest BCUT2D eigenvalue weighted by Crippen LogP contribution is 2.49. The Balaban J connectivity index is 2.10. The lowest BCUT2D eigenvalue weighted by atomic mass is 9.90. The van der Waals surface area contributed by atoms with E-state index in [2.05, 4.69) is 0 Å². The number of alkyl halides is 3. The van der Waals surface area contributed by atoms with Crippen LogP contribution in [0.4, 0.5) is 28.9 Å². The highest BCUT2D eigenvalue weighted by atomic mass is 32.2. The first-order valence-electron chi connectivity index (χ1n) is 8.60. The minimum Gasteiger partial charge on any atom is -0.372 e. The third kappa shape index (κ3) is 3.57. The Kier molecular flexibility index (Phi) is 5.44. The Bertz CT molecular complexity index is 1170. The fourth-order valence-corrected chi connectivity index (χ4v) is 4.56. The summed E-state index contributed by atoms with van der Waals surface area (Å²) in [6, 6.07) is 8.43. The largest absolute Gasteiger partial charge is 0.426 e. The molecule has 0 radical (unpaired) electrons. The summed E-state index contributed by atoms with van der Waals surface area (Å²) in [4.78, 5) is -1.50. The second-order valence-electron chi connectivity index (χ2n) is 6.70. The van der Waals surface area contributed by atoms with E-state index >= 15 is 0 Å². The van der Waals surface area contributed by atoms with Gasteiger partial charge in [-0.1, -0.05) is 0 Å². The number of nitrogens with one attached hydrogen (secondary N) is 1. The van der Waals surface area contributed by atoms with E-state index in [1.165, 1.54) is 35.6 Å². The van der Waals surface area contributed by atoms with Crippen LogP contribution >= 0.6 is 0 Å². The highest BCUT2D eigenvalue weighted by Gasteiger charge is 2.61. The Hall–Kier alpha value is -2.82. The van der Waals surface area contributed by atoms with Gasteiger partial charge in [-0.3, -0.25) is 5.32 Å². The molecule has 1 unspecified atom stereocenters. The van der Waals surface area contributed by atoms with Crippen LogP contribution in [0, 0.1) is 11.2 Å². The van der Waals surface area contributed by atoms with Gasteiger partial charge in [0.15, 0.2) is 0 Å². The monoisotopic (exact) mass is 441 g/mol. The Morgan fingerprint density at radius 3 is 2.20 bits per heavy atom. The van der Waals surface area contributed by atoms with Gasteiger partial charge in [0.25, 0.3) is 0 Å². The smallest absolute Gasteiger partial charge is 0.372 e. The fraction of sp³-hybridized carbons (Fsp3) is 0.150. The van der Waals surface area contributed by atoms with Crippen molar-refractivity contribution in [1.82, 2.24) is 0 Å². The van der Waals surface area contributed by atoms with Crippen molar-refractivity contribution in [2.24, 2.45) is 0 Å². The summed E-state index contributed by atoms with van der Waals surface area (Å²) in [6.45, 7) is 1.14. The van der Waals surface area contributed by atoms with Gasteiger partial charge in [-0.05, 0) is 48.9 Å². The molecule has 0 saturated heterocycles. The zero-order valence-corrected chi connectivity index (χ0v) is 16.4. The molecule has 0 spiro atoms. The predicted octanol–water partition coefficient (Wildman–Crippen LogP) is 3.32. The number of sulfone groups is 1. The molecule has 158 valence electrons. The average Bonchev–Trinajstić information content (AvgIpc) is 2.95. The topological polar surface area (TPSA) is 94.8 Å². The maximum atomic E-state index is 14.0. The summed E-state index contributed by atoms with van der Waals surface area (Å²) >= 11 is 0. The standard InChI is InChI=1S/C20H16F4N2O3S/c1-12-2-9-18(30(12,28)29)19(27,20(22,23)24)14-3-8-17(13(10-14)11-25)26-16-6-4-15(21)5-7-16/h2-11,25-27H,1H3/p+1. The van der Waals surface area contributed by atoms with Crippen LogP contribution in [0.2, 0.25) is 0 Å². The molecule has 1 heterocycles. The van der Waals surface area contributed by atoms with E-state index in [0.717, 1.165) is 37.4 Å². The zero-order valence-electron chi connectivity index (χ0n) is 15.5. The predicted molar refractivity (Wildman–Crippen MR) is 103 cm³/mol. The SMILES string of the molecule is CC1=CC=C(C(O)(c2ccc([NH2+]c3ccc(F)cc3)c(C=N)c2)C(F)(F)F)S1(=O)=O. The van der Waals surface area contributed by atoms with Gasteiger partial charge in [0.05, 0.1) is 10.5 Å². The highest BCUT2D eigenvalue weighted by molar-refractivity contribution is 7.99. The lowest BCUT2D eigenvalue weighted by Crippen LogP contribution is -2.71. The number of halogens is 4. The van der Waals surface area contributed by atoms with Crippen molar-refractivity contribution >= 4 is 27.4 Å². The molecule has 0 bridgehead atoms. The Morgan fingerprint density at radius 1 is 1.07 bits per heavy atom. The van der Waals surface area contributed by atoms with Gasteiger partial charge in [0.2, 0.25) is 15.4 Å². The Morgan fingerprint density at radius 2 is 1.70 bits per heavy atom. The molecular weight excluding hydrogens is 424 g/mol. The minimum atomic E-state index is -5.34. The molecule has 0 aliphatic carbocycles. The van der Waals surface area contributed by atoms with Crippen LogP contribution < -0.4 is 5.32 Å². The summed E-state index contributed by atoms with van der Waals surface area (Å²) in [5, 5.41) is 19.7. The van der Waals surface area contributed by atoms with Gasteiger partial charge in [0, 0.05) is 29.3 Å². The van der Waals surface area contributed by atoms with Gasteiger partial charge < -0.3 is 10.5 Å². The molecule has 0 amide bonds. The number of rotatable bonds is 5. The van der Waals surface area contributed by atoms with E-state index in [1.54, 1.807) is 0 Å². The number of allylic oxidation sites excluding steroid dienone is 3. The van der Waals surface area contributed by atoms with E-state index in [1.807, 2.05) is 0 Å². The van der Waals surface area contributed by atoms with Crippen LogP contribution in [-0.2, 0) is 15.4 Å². The molecule has 1 aliphatic heterocycles. The van der Waals surface area contributed by atoms with Gasteiger partial charge in [0.1, 0.15) is 17.2 Å². The van der Waals surface area contributed by atoms with E-state index in [-0.39, 0.29) is 10.5 Å². The quantitative estimate of drug-likeness (QED) is 0.378. The maximum Gasteiger partial charge on any atom is 0.426 e. The molecular formula is C20H17F4N2O3S+. The molecule has 2 aromatic rings. The van der Waals surface area contributed by atoms with Crippen molar-refractivity contribution in [3.63, 3.8) is 0 Å². The molecule has 0 aromatic heterocycles. The van der Waals surface area contributed by atoms with Crippen molar-refractivity contribution in [2.45, 2.75) is 18.7 Å². The third-order valence-corrected chi connectivity index (χ3v) is 6.80. The van der Waals surface area contributed by atoms with Crippen LogP contribution in [0.15, 0.2) is 64.4 Å². The number of hydrogen-bond acceptors (Lipinski definition) is 4. The van der Waals surface area contributed by atoms with Gasteiger partial charge in [-0.25, -0.2) is 12.8 Å². The third-order valence-electron chi connectivity index (χ3n) is 4.80. The van der Waals surface area contributed by atoms with Crippen molar-refractivity contribution in [2.75, 3.05) is 0 Å². The Labute approximate surface area is 169 Å². The van der Waals surface area contributed by atoms with Crippen LogP contribution in [0.25, 0.3) is 0 Å². The second-order valence-corrected chi connectivity index (χ2v) is 8.79. The molecule has 0 saturated carbocycles. The molecule has 0 fully saturated rings. The minimum absolute atomic E-state index is 0.0141. The van der Waals surface area contributed by atoms with Crippen LogP contribution in [0.3, 0.4) is 0 Å². The van der Waals surface area contributed by atoms with E-state index in [0.29, 0.717) is 11.4 Å². The normalized spacial score (nSPS) is 17.8. The van der Waals surface area contributed by atoms with Crippen molar-refractivity contribution < 1.29 is 36.4 Å². The number of nitrogens with two attached hydrogens (primary N) is 1. The van der Waals surface area contributed by atoms with Crippen molar-refractivity contribution in [3.8, 4) is 0 Å². The first-order valence-corrected chi connectivity index (χ1v) is 10.1. The lowest BCUT2D eigenvalue weighted by molar-refractivity contribution is -0.478. The van der Waals surface area contributed by atoms with Gasteiger partial charge in [-0.15, -0.1) is 0 Å². The molecule has 5 nitrogen and oxygen atoms in total. The van der Waals surface area contributed by atoms with Gasteiger partial charge >= 0.3 is 6.18 Å². The van der Waals surface area contributed by atoms with Crippen LogP contribution in [0.5, 0.6) is 0 Å². The first kappa shape index (κ1) is 21.9. The summed E-state index contributed by atoms with van der Waals surface area (Å²) in [5.74, 6) is -0.458. The molecule has 1 atom stereocenters. The van der Waals surface area contributed by atoms with E-state index < -0.39 is 37.9 Å². The lowest BCUT2D eigenvalue weighted by Gasteiger charge is -2.32. The van der Waals surface area contributed by atoms with E-state index in [4.69, 9.17) is 5.41 Å². The number of aliphatic hydroxyl groups is 1. The van der Waals surface area contributed by atoms with Crippen LogP contribution in [-0.4, -0.2) is 25.9 Å². The molecule has 3 rings (SSSR count). The molecule has 30 heavy (non-hydrogen) atoms. The molecule has 1 aliphatic rings. The van der Waals surface area contributed by atoms with Crippen molar-refractivity contribution in [3.05, 3.63) is 81.4 Å². The molecule has 4 N–H and O–H groups in total. The molecule has 2 aromatic carbocycles. The second kappa shape index (κ2) is 7.46. The first-order chi connectivity index (χ1) is 13.9. The summed E-state index contributed by atoms with van der Waals surface area (Å²) in [5.41, 5.74) is -3.63.